The van der Waals surface area contributed by atoms with Gasteiger partial charge in [-0.3, -0.25) is 9.78 Å². The second kappa shape index (κ2) is 10.4. The fraction of sp³-hybridized carbons (Fsp3) is 0.476. The number of hydrogen-bond donors (Lipinski definition) is 1. The van der Waals surface area contributed by atoms with E-state index in [1.807, 2.05) is 18.2 Å². The Hall–Kier alpha value is -1.70. The van der Waals surface area contributed by atoms with Gasteiger partial charge in [0.25, 0.3) is 0 Å². The number of hydrogen-bond acceptors (Lipinski definition) is 6. The van der Waals surface area contributed by atoms with Gasteiger partial charge in [0.15, 0.2) is 0 Å². The topological polar surface area (TPSA) is 73.3 Å². The fourth-order valence-corrected chi connectivity index (χ4v) is 4.27. The van der Waals surface area contributed by atoms with Gasteiger partial charge in [-0.05, 0) is 60.1 Å². The van der Waals surface area contributed by atoms with Gasteiger partial charge in [0.1, 0.15) is 5.69 Å². The van der Waals surface area contributed by atoms with Crippen molar-refractivity contribution in [1.29, 1.82) is 0 Å². The van der Waals surface area contributed by atoms with Crippen LogP contribution in [0.25, 0.3) is 11.3 Å². The molecule has 3 rings (SSSR count). The summed E-state index contributed by atoms with van der Waals surface area (Å²) in [6.45, 7) is 1.44. The first kappa shape index (κ1) is 22.0. The molecule has 1 N–H and O–H groups in total. The van der Waals surface area contributed by atoms with Gasteiger partial charge in [0.05, 0.1) is 37.1 Å². The first-order valence-corrected chi connectivity index (χ1v) is 10.8. The molecule has 0 unspecified atom stereocenters. The van der Waals surface area contributed by atoms with Crippen molar-refractivity contribution in [3.8, 4) is 17.1 Å². The average molecular weight is 483 g/mol. The Labute approximate surface area is 184 Å². The fourth-order valence-electron chi connectivity index (χ4n) is 3.68. The molecule has 8 heteroatoms. The van der Waals surface area contributed by atoms with Crippen LogP contribution in [0, 0.1) is 11.8 Å². The summed E-state index contributed by atoms with van der Waals surface area (Å²) in [6.07, 6.45) is 5.55. The van der Waals surface area contributed by atoms with Crippen LogP contribution in [0.2, 0.25) is 5.02 Å². The van der Waals surface area contributed by atoms with Gasteiger partial charge < -0.3 is 14.8 Å². The number of halogens is 2. The Kier molecular flexibility index (Phi) is 7.86. The van der Waals surface area contributed by atoms with Crippen LogP contribution < -0.4 is 10.1 Å². The Morgan fingerprint density at radius 1 is 1.28 bits per heavy atom. The number of esters is 1. The highest BCUT2D eigenvalue weighted by Gasteiger charge is 2.26. The van der Waals surface area contributed by atoms with Crippen molar-refractivity contribution >= 4 is 33.5 Å². The summed E-state index contributed by atoms with van der Waals surface area (Å²) in [5.74, 6) is 1.01. The van der Waals surface area contributed by atoms with E-state index >= 15 is 0 Å². The van der Waals surface area contributed by atoms with E-state index in [-0.39, 0.29) is 11.9 Å². The van der Waals surface area contributed by atoms with Crippen LogP contribution in [0.5, 0.6) is 5.88 Å². The maximum absolute atomic E-state index is 11.6. The van der Waals surface area contributed by atoms with Crippen LogP contribution in [-0.2, 0) is 16.1 Å². The molecule has 0 spiro atoms. The summed E-state index contributed by atoms with van der Waals surface area (Å²) in [5.41, 5.74) is 2.22. The van der Waals surface area contributed by atoms with E-state index in [1.165, 1.54) is 7.11 Å². The van der Waals surface area contributed by atoms with Gasteiger partial charge in [-0.15, -0.1) is 0 Å². The number of rotatable bonds is 7. The first-order valence-electron chi connectivity index (χ1n) is 9.66. The zero-order valence-electron chi connectivity index (χ0n) is 16.6. The molecule has 6 nitrogen and oxygen atoms in total. The summed E-state index contributed by atoms with van der Waals surface area (Å²) < 4.78 is 11.1. The van der Waals surface area contributed by atoms with Crippen molar-refractivity contribution in [2.45, 2.75) is 32.2 Å². The molecule has 156 valence electrons. The molecule has 1 fully saturated rings. The van der Waals surface area contributed by atoms with E-state index in [2.05, 4.69) is 31.2 Å². The zero-order valence-corrected chi connectivity index (χ0v) is 18.9. The van der Waals surface area contributed by atoms with Crippen molar-refractivity contribution in [2.75, 3.05) is 20.8 Å². The number of methoxy groups -OCH3 is 2. The van der Waals surface area contributed by atoms with Gasteiger partial charge in [-0.1, -0.05) is 23.7 Å². The standard InChI is InChI=1S/C21H25BrClN3O3/c1-28-20-18(11-24-10-13-6-8-14(9-7-13)21(27)29-2)25-12-17(26-20)15-4-3-5-16(22)19(15)23/h3-5,12-14,24H,6-11H2,1-2H3. The SMILES string of the molecule is COC(=O)C1CCC(CNCc2ncc(-c3cccc(Br)c3Cl)nc2OC)CC1. The van der Waals surface area contributed by atoms with Crippen LogP contribution in [0.15, 0.2) is 28.9 Å². The smallest absolute Gasteiger partial charge is 0.308 e. The van der Waals surface area contributed by atoms with Gasteiger partial charge in [0, 0.05) is 16.6 Å². The molecule has 2 aromatic rings. The van der Waals surface area contributed by atoms with E-state index in [0.29, 0.717) is 29.1 Å². The maximum atomic E-state index is 11.6. The normalized spacial score (nSPS) is 19.0. The minimum Gasteiger partial charge on any atom is -0.480 e. The lowest BCUT2D eigenvalue weighted by molar-refractivity contribution is -0.146. The highest BCUT2D eigenvalue weighted by Crippen LogP contribution is 2.33. The molecule has 0 aliphatic heterocycles. The number of ether oxygens (including phenoxy) is 2. The number of benzene rings is 1. The predicted octanol–water partition coefficient (Wildman–Crippen LogP) is 4.64. The number of aromatic nitrogens is 2. The van der Waals surface area contributed by atoms with Crippen LogP contribution >= 0.6 is 27.5 Å². The molecule has 1 heterocycles. The van der Waals surface area contributed by atoms with Crippen molar-refractivity contribution in [2.24, 2.45) is 11.8 Å². The lowest BCUT2D eigenvalue weighted by Crippen LogP contribution is -2.29. The van der Waals surface area contributed by atoms with Gasteiger partial charge in [-0.2, -0.15) is 0 Å². The molecule has 0 radical (unpaired) electrons. The lowest BCUT2D eigenvalue weighted by atomic mass is 9.82. The van der Waals surface area contributed by atoms with E-state index in [9.17, 15) is 4.79 Å². The minimum absolute atomic E-state index is 0.0552. The summed E-state index contributed by atoms with van der Waals surface area (Å²) in [7, 11) is 3.05. The molecule has 0 amide bonds. The van der Waals surface area contributed by atoms with E-state index in [0.717, 1.165) is 48.0 Å². The Morgan fingerprint density at radius 3 is 2.72 bits per heavy atom. The van der Waals surface area contributed by atoms with Gasteiger partial charge >= 0.3 is 5.97 Å². The number of carbonyl (C=O) groups excluding carboxylic acids is 1. The first-order chi connectivity index (χ1) is 14.0. The average Bonchev–Trinajstić information content (AvgIpc) is 2.76. The second-order valence-corrected chi connectivity index (χ2v) is 8.42. The molecule has 0 bridgehead atoms. The molecule has 1 aromatic heterocycles. The Balaban J connectivity index is 1.58. The third kappa shape index (κ3) is 5.47. The third-order valence-corrected chi connectivity index (χ3v) is 6.64. The molecule has 0 atom stereocenters. The van der Waals surface area contributed by atoms with Crippen molar-refractivity contribution in [3.05, 3.63) is 39.6 Å². The maximum Gasteiger partial charge on any atom is 0.308 e. The Bertz CT molecular complexity index is 857. The predicted molar refractivity (Wildman–Crippen MR) is 116 cm³/mol. The van der Waals surface area contributed by atoms with E-state index in [1.54, 1.807) is 13.3 Å². The van der Waals surface area contributed by atoms with E-state index < -0.39 is 0 Å². The Morgan fingerprint density at radius 2 is 2.03 bits per heavy atom. The number of nitrogens with zero attached hydrogens (tertiary/aromatic N) is 2. The van der Waals surface area contributed by atoms with Crippen LogP contribution in [0.4, 0.5) is 0 Å². The van der Waals surface area contributed by atoms with Crippen molar-refractivity contribution in [3.63, 3.8) is 0 Å². The highest BCUT2D eigenvalue weighted by atomic mass is 79.9. The number of nitrogens with one attached hydrogen (secondary N) is 1. The zero-order chi connectivity index (χ0) is 20.8. The molecule has 1 aromatic carbocycles. The van der Waals surface area contributed by atoms with Crippen LogP contribution in [0.1, 0.15) is 31.4 Å². The van der Waals surface area contributed by atoms with Crippen LogP contribution in [0.3, 0.4) is 0 Å². The molecule has 1 aliphatic carbocycles. The summed E-state index contributed by atoms with van der Waals surface area (Å²) in [5, 5.41) is 4.05. The quantitative estimate of drug-likeness (QED) is 0.580. The summed E-state index contributed by atoms with van der Waals surface area (Å²) in [6, 6.07) is 5.69. The highest BCUT2D eigenvalue weighted by molar-refractivity contribution is 9.10. The van der Waals surface area contributed by atoms with Crippen molar-refractivity contribution < 1.29 is 14.3 Å². The summed E-state index contributed by atoms with van der Waals surface area (Å²) >= 11 is 9.81. The molecule has 1 saturated carbocycles. The minimum atomic E-state index is -0.0814. The molecular weight excluding hydrogens is 458 g/mol. The summed E-state index contributed by atoms with van der Waals surface area (Å²) in [4.78, 5) is 20.8. The van der Waals surface area contributed by atoms with Crippen LogP contribution in [-0.4, -0.2) is 36.7 Å². The van der Waals surface area contributed by atoms with Crippen molar-refractivity contribution in [1.82, 2.24) is 15.3 Å². The number of carbonyl (C=O) groups is 1. The monoisotopic (exact) mass is 481 g/mol. The molecule has 29 heavy (non-hydrogen) atoms. The van der Waals surface area contributed by atoms with E-state index in [4.69, 9.17) is 21.1 Å². The second-order valence-electron chi connectivity index (χ2n) is 7.18. The third-order valence-electron chi connectivity index (χ3n) is 5.34. The van der Waals surface area contributed by atoms with Gasteiger partial charge in [0.2, 0.25) is 5.88 Å². The molecule has 0 saturated heterocycles. The molecular formula is C21H25BrClN3O3. The molecule has 1 aliphatic rings. The van der Waals surface area contributed by atoms with Gasteiger partial charge in [-0.25, -0.2) is 4.98 Å². The largest absolute Gasteiger partial charge is 0.480 e. The lowest BCUT2D eigenvalue weighted by Gasteiger charge is -2.27.